The van der Waals surface area contributed by atoms with Gasteiger partial charge in [0.15, 0.2) is 5.13 Å². The molecule has 6 heteroatoms. The van der Waals surface area contributed by atoms with Gasteiger partial charge in [-0.2, -0.15) is 0 Å². The molecule has 2 aromatic rings. The van der Waals surface area contributed by atoms with E-state index in [1.165, 1.54) is 11.3 Å². The number of carbonyl (C=O) groups is 2. The molecule has 0 fully saturated rings. The smallest absolute Gasteiger partial charge is 0.270 e. The van der Waals surface area contributed by atoms with E-state index >= 15 is 0 Å². The summed E-state index contributed by atoms with van der Waals surface area (Å²) in [6.45, 7) is 0. The van der Waals surface area contributed by atoms with Crippen molar-refractivity contribution in [1.82, 2.24) is 10.3 Å². The van der Waals surface area contributed by atoms with E-state index in [2.05, 4.69) is 15.6 Å². The average Bonchev–Trinajstić information content (AvgIpc) is 2.94. The molecule has 0 saturated carbocycles. The van der Waals surface area contributed by atoms with Crippen LogP contribution in [0.15, 0.2) is 35.7 Å². The molecule has 0 unspecified atom stereocenters. The fourth-order valence-electron chi connectivity index (χ4n) is 1.65. The number of nitrogens with zero attached hydrogens (tertiary/aromatic N) is 1. The van der Waals surface area contributed by atoms with Gasteiger partial charge in [0.25, 0.3) is 5.91 Å². The molecular formula is C14H15N3O2S. The van der Waals surface area contributed by atoms with Crippen molar-refractivity contribution >= 4 is 28.3 Å². The first-order valence-electron chi connectivity index (χ1n) is 6.20. The summed E-state index contributed by atoms with van der Waals surface area (Å²) in [5, 5.41) is 7.25. The first-order chi connectivity index (χ1) is 9.69. The summed E-state index contributed by atoms with van der Waals surface area (Å²) in [5.74, 6) is -0.363. The molecule has 1 aromatic heterocycles. The van der Waals surface area contributed by atoms with Crippen molar-refractivity contribution in [1.29, 1.82) is 0 Å². The van der Waals surface area contributed by atoms with Gasteiger partial charge in [-0.05, 0) is 12.0 Å². The third-order valence-corrected chi connectivity index (χ3v) is 3.45. The molecule has 0 aliphatic carbocycles. The van der Waals surface area contributed by atoms with Crippen molar-refractivity contribution in [2.45, 2.75) is 12.8 Å². The molecule has 2 N–H and O–H groups in total. The van der Waals surface area contributed by atoms with Crippen molar-refractivity contribution < 1.29 is 9.59 Å². The molecular weight excluding hydrogens is 274 g/mol. The molecule has 1 heterocycles. The number of anilines is 1. The minimum atomic E-state index is -0.258. The van der Waals surface area contributed by atoms with E-state index in [4.69, 9.17) is 0 Å². The molecule has 0 atom stereocenters. The van der Waals surface area contributed by atoms with Gasteiger partial charge in [-0.15, -0.1) is 11.3 Å². The van der Waals surface area contributed by atoms with Gasteiger partial charge in [0.1, 0.15) is 5.69 Å². The molecule has 5 nitrogen and oxygen atoms in total. The van der Waals surface area contributed by atoms with Gasteiger partial charge in [0, 0.05) is 18.8 Å². The molecule has 0 aliphatic rings. The number of aryl methyl sites for hydroxylation is 1. The van der Waals surface area contributed by atoms with E-state index < -0.39 is 0 Å². The lowest BCUT2D eigenvalue weighted by molar-refractivity contribution is -0.116. The summed E-state index contributed by atoms with van der Waals surface area (Å²) in [6.07, 6.45) is 1.07. The highest BCUT2D eigenvalue weighted by molar-refractivity contribution is 7.14. The SMILES string of the molecule is CNC(=O)c1csc(NC(=O)CCc2ccccc2)n1. The van der Waals surface area contributed by atoms with E-state index in [1.54, 1.807) is 12.4 Å². The molecule has 0 saturated heterocycles. The van der Waals surface area contributed by atoms with Crippen molar-refractivity contribution in [3.63, 3.8) is 0 Å². The summed E-state index contributed by atoms with van der Waals surface area (Å²) >= 11 is 1.24. The van der Waals surface area contributed by atoms with E-state index in [0.717, 1.165) is 5.56 Å². The van der Waals surface area contributed by atoms with Crippen molar-refractivity contribution in [2.75, 3.05) is 12.4 Å². The minimum Gasteiger partial charge on any atom is -0.354 e. The normalized spacial score (nSPS) is 10.1. The molecule has 20 heavy (non-hydrogen) atoms. The number of benzene rings is 1. The van der Waals surface area contributed by atoms with Crippen molar-refractivity contribution in [3.05, 3.63) is 47.0 Å². The number of thiazole rings is 1. The number of nitrogens with one attached hydrogen (secondary N) is 2. The Balaban J connectivity index is 1.85. The van der Waals surface area contributed by atoms with Gasteiger partial charge in [0.2, 0.25) is 5.91 Å². The second kappa shape index (κ2) is 6.81. The van der Waals surface area contributed by atoms with Crippen LogP contribution in [0.3, 0.4) is 0 Å². The largest absolute Gasteiger partial charge is 0.354 e. The first-order valence-corrected chi connectivity index (χ1v) is 7.08. The lowest BCUT2D eigenvalue weighted by Gasteiger charge is -2.02. The number of carbonyl (C=O) groups excluding carboxylic acids is 2. The predicted molar refractivity (Wildman–Crippen MR) is 78.9 cm³/mol. The Morgan fingerprint density at radius 3 is 2.70 bits per heavy atom. The molecule has 2 rings (SSSR count). The topological polar surface area (TPSA) is 71.1 Å². The van der Waals surface area contributed by atoms with E-state index in [1.807, 2.05) is 30.3 Å². The summed E-state index contributed by atoms with van der Waals surface area (Å²) in [7, 11) is 1.54. The van der Waals surface area contributed by atoms with Gasteiger partial charge < -0.3 is 10.6 Å². The zero-order valence-corrected chi connectivity index (χ0v) is 11.9. The number of hydrogen-bond donors (Lipinski definition) is 2. The number of aromatic nitrogens is 1. The Morgan fingerprint density at radius 1 is 1.25 bits per heavy atom. The number of amides is 2. The van der Waals surface area contributed by atoms with Crippen molar-refractivity contribution in [2.24, 2.45) is 0 Å². The third kappa shape index (κ3) is 3.89. The maximum Gasteiger partial charge on any atom is 0.270 e. The molecule has 1 aromatic carbocycles. The predicted octanol–water partition coefficient (Wildman–Crippen LogP) is 2.07. The monoisotopic (exact) mass is 289 g/mol. The quantitative estimate of drug-likeness (QED) is 0.885. The average molecular weight is 289 g/mol. The minimum absolute atomic E-state index is 0.105. The zero-order valence-electron chi connectivity index (χ0n) is 11.1. The molecule has 104 valence electrons. The Morgan fingerprint density at radius 2 is 2.00 bits per heavy atom. The fraction of sp³-hybridized carbons (Fsp3) is 0.214. The summed E-state index contributed by atoms with van der Waals surface area (Å²) in [5.41, 5.74) is 1.43. The van der Waals surface area contributed by atoms with Crippen LogP contribution in [0.25, 0.3) is 0 Å². The standard InChI is InChI=1S/C14H15N3O2S/c1-15-13(19)11-9-20-14(16-11)17-12(18)8-7-10-5-3-2-4-6-10/h2-6,9H,7-8H2,1H3,(H,15,19)(H,16,17,18). The highest BCUT2D eigenvalue weighted by atomic mass is 32.1. The van der Waals surface area contributed by atoms with Gasteiger partial charge in [-0.25, -0.2) is 4.98 Å². The van der Waals surface area contributed by atoms with Gasteiger partial charge in [-0.1, -0.05) is 30.3 Å². The van der Waals surface area contributed by atoms with Gasteiger partial charge in [-0.3, -0.25) is 9.59 Å². The Kier molecular flexibility index (Phi) is 4.84. The van der Waals surface area contributed by atoms with Crippen LogP contribution in [0.2, 0.25) is 0 Å². The van der Waals surface area contributed by atoms with Crippen LogP contribution in [0.1, 0.15) is 22.5 Å². The van der Waals surface area contributed by atoms with Crippen LogP contribution >= 0.6 is 11.3 Å². The van der Waals surface area contributed by atoms with Crippen LogP contribution in [0.5, 0.6) is 0 Å². The Hall–Kier alpha value is -2.21. The summed E-state index contributed by atoms with van der Waals surface area (Å²) in [4.78, 5) is 27.2. The maximum atomic E-state index is 11.8. The van der Waals surface area contributed by atoms with Crippen LogP contribution < -0.4 is 10.6 Å². The van der Waals surface area contributed by atoms with E-state index in [0.29, 0.717) is 23.7 Å². The first kappa shape index (κ1) is 14.2. The van der Waals surface area contributed by atoms with Crippen LogP contribution in [-0.4, -0.2) is 23.8 Å². The van der Waals surface area contributed by atoms with Gasteiger partial charge in [0.05, 0.1) is 0 Å². The summed E-state index contributed by atoms with van der Waals surface area (Å²) in [6, 6.07) is 9.81. The van der Waals surface area contributed by atoms with Crippen LogP contribution in [-0.2, 0) is 11.2 Å². The highest BCUT2D eigenvalue weighted by Crippen LogP contribution is 2.15. The number of hydrogen-bond acceptors (Lipinski definition) is 4. The van der Waals surface area contributed by atoms with Crippen LogP contribution in [0, 0.1) is 0 Å². The molecule has 2 amide bonds. The lowest BCUT2D eigenvalue weighted by atomic mass is 10.1. The molecule has 0 spiro atoms. The number of rotatable bonds is 5. The molecule has 0 bridgehead atoms. The van der Waals surface area contributed by atoms with Crippen LogP contribution in [0.4, 0.5) is 5.13 Å². The van der Waals surface area contributed by atoms with E-state index in [9.17, 15) is 9.59 Å². The maximum absolute atomic E-state index is 11.8. The summed E-state index contributed by atoms with van der Waals surface area (Å²) < 4.78 is 0. The molecule has 0 aliphatic heterocycles. The third-order valence-electron chi connectivity index (χ3n) is 2.69. The fourth-order valence-corrected chi connectivity index (χ4v) is 2.35. The second-order valence-electron chi connectivity index (χ2n) is 4.15. The highest BCUT2D eigenvalue weighted by Gasteiger charge is 2.10. The van der Waals surface area contributed by atoms with Gasteiger partial charge >= 0.3 is 0 Å². The second-order valence-corrected chi connectivity index (χ2v) is 5.01. The Labute approximate surface area is 121 Å². The van der Waals surface area contributed by atoms with Crippen molar-refractivity contribution in [3.8, 4) is 0 Å². The van der Waals surface area contributed by atoms with E-state index in [-0.39, 0.29) is 11.8 Å². The Bertz CT molecular complexity index is 595. The lowest BCUT2D eigenvalue weighted by Crippen LogP contribution is -2.18. The molecule has 0 radical (unpaired) electrons. The zero-order chi connectivity index (χ0) is 14.4.